The molecule has 1 aromatic carbocycles. The Morgan fingerprint density at radius 3 is 2.73 bits per heavy atom. The number of carboxylic acid groups (broad SMARTS) is 1. The lowest BCUT2D eigenvalue weighted by Crippen LogP contribution is -2.11. The molecule has 0 saturated heterocycles. The Balaban J connectivity index is 2.17. The van der Waals surface area contributed by atoms with Crippen LogP contribution in [0.2, 0.25) is 0 Å². The fourth-order valence-corrected chi connectivity index (χ4v) is 4.13. The number of hydrogen-bond acceptors (Lipinski definition) is 4. The lowest BCUT2D eigenvalue weighted by Gasteiger charge is -2.17. The average Bonchev–Trinajstić information content (AvgIpc) is 2.84. The molecular weight excluding hydrogens is 302 g/mol. The molecular formula is C16H15NO4S. The number of fused-ring (bicyclic) bond motifs is 3. The zero-order chi connectivity index (χ0) is 15.9. The lowest BCUT2D eigenvalue weighted by atomic mass is 9.89. The quantitative estimate of drug-likeness (QED) is 0.911. The zero-order valence-electron chi connectivity index (χ0n) is 12.2. The zero-order valence-corrected chi connectivity index (χ0v) is 13.0. The molecule has 1 heterocycles. The summed E-state index contributed by atoms with van der Waals surface area (Å²) in [4.78, 5) is 23.8. The van der Waals surface area contributed by atoms with Gasteiger partial charge in [0, 0.05) is 11.8 Å². The molecule has 5 nitrogen and oxygen atoms in total. The third-order valence-electron chi connectivity index (χ3n) is 3.71. The van der Waals surface area contributed by atoms with E-state index in [0.717, 1.165) is 33.7 Å². The van der Waals surface area contributed by atoms with E-state index in [-0.39, 0.29) is 11.5 Å². The number of aryl methyl sites for hydroxylation is 1. The summed E-state index contributed by atoms with van der Waals surface area (Å²) in [6.45, 7) is 1.38. The normalized spacial score (nSPS) is 12.3. The van der Waals surface area contributed by atoms with E-state index in [1.165, 1.54) is 18.3 Å². The summed E-state index contributed by atoms with van der Waals surface area (Å²) >= 11 is 1.32. The Kier molecular flexibility index (Phi) is 3.62. The highest BCUT2D eigenvalue weighted by molar-refractivity contribution is 7.20. The summed E-state index contributed by atoms with van der Waals surface area (Å²) in [5.74, 6) is -0.478. The molecule has 6 heteroatoms. The molecule has 22 heavy (non-hydrogen) atoms. The summed E-state index contributed by atoms with van der Waals surface area (Å²) in [6, 6.07) is 5.80. The molecule has 1 amide bonds. The van der Waals surface area contributed by atoms with Gasteiger partial charge in [-0.15, -0.1) is 11.3 Å². The van der Waals surface area contributed by atoms with E-state index in [0.29, 0.717) is 11.4 Å². The van der Waals surface area contributed by atoms with Crippen LogP contribution in [0.3, 0.4) is 0 Å². The van der Waals surface area contributed by atoms with Gasteiger partial charge in [0.15, 0.2) is 0 Å². The first-order chi connectivity index (χ1) is 10.5. The molecule has 1 aliphatic rings. The molecule has 0 radical (unpaired) electrons. The Morgan fingerprint density at radius 2 is 2.09 bits per heavy atom. The lowest BCUT2D eigenvalue weighted by molar-refractivity contribution is -0.114. The second-order valence-corrected chi connectivity index (χ2v) is 6.14. The molecule has 0 bridgehead atoms. The van der Waals surface area contributed by atoms with E-state index in [9.17, 15) is 14.7 Å². The summed E-state index contributed by atoms with van der Waals surface area (Å²) in [5, 5.41) is 12.5. The Hall–Kier alpha value is -2.34. The van der Waals surface area contributed by atoms with Gasteiger partial charge < -0.3 is 15.2 Å². The van der Waals surface area contributed by atoms with Crippen molar-refractivity contribution in [2.45, 2.75) is 19.8 Å². The predicted octanol–water partition coefficient (Wildman–Crippen LogP) is 3.18. The maximum atomic E-state index is 11.6. The second kappa shape index (κ2) is 5.46. The Bertz CT molecular complexity index is 779. The van der Waals surface area contributed by atoms with Crippen LogP contribution in [-0.4, -0.2) is 24.1 Å². The number of aromatic carboxylic acids is 1. The number of thiophene rings is 1. The Morgan fingerprint density at radius 1 is 1.32 bits per heavy atom. The highest BCUT2D eigenvalue weighted by Gasteiger charge is 2.28. The number of ether oxygens (including phenoxy) is 1. The molecule has 114 valence electrons. The van der Waals surface area contributed by atoms with Gasteiger partial charge in [0.05, 0.1) is 12.7 Å². The fraction of sp³-hybridized carbons (Fsp3) is 0.250. The maximum absolute atomic E-state index is 11.6. The first-order valence-electron chi connectivity index (χ1n) is 6.85. The smallest absolute Gasteiger partial charge is 0.339 e. The largest absolute Gasteiger partial charge is 0.497 e. The minimum Gasteiger partial charge on any atom is -0.497 e. The number of carbonyl (C=O) groups excluding carboxylic acids is 1. The van der Waals surface area contributed by atoms with Crippen molar-refractivity contribution in [2.75, 3.05) is 12.4 Å². The number of nitrogens with one attached hydrogen (secondary N) is 1. The first-order valence-corrected chi connectivity index (χ1v) is 7.66. The van der Waals surface area contributed by atoms with Gasteiger partial charge in [-0.2, -0.15) is 0 Å². The van der Waals surface area contributed by atoms with Crippen LogP contribution in [0, 0.1) is 0 Å². The molecule has 0 unspecified atom stereocenters. The molecule has 0 aliphatic heterocycles. The highest BCUT2D eigenvalue weighted by atomic mass is 32.1. The SMILES string of the molecule is COc1ccc2c(c1)CCc1c-2sc(NC(C)=O)c1C(=O)O. The van der Waals surface area contributed by atoms with Crippen LogP contribution < -0.4 is 10.1 Å². The van der Waals surface area contributed by atoms with Crippen molar-refractivity contribution in [1.82, 2.24) is 0 Å². The molecule has 0 fully saturated rings. The number of benzene rings is 1. The van der Waals surface area contributed by atoms with Crippen molar-refractivity contribution in [3.05, 3.63) is 34.9 Å². The average molecular weight is 317 g/mol. The Labute approximate surface area is 131 Å². The molecule has 0 spiro atoms. The van der Waals surface area contributed by atoms with Gasteiger partial charge >= 0.3 is 5.97 Å². The predicted molar refractivity (Wildman–Crippen MR) is 85.0 cm³/mol. The molecule has 0 atom stereocenters. The number of amides is 1. The van der Waals surface area contributed by atoms with E-state index < -0.39 is 5.97 Å². The van der Waals surface area contributed by atoms with E-state index in [1.54, 1.807) is 7.11 Å². The van der Waals surface area contributed by atoms with E-state index in [1.807, 2.05) is 18.2 Å². The van der Waals surface area contributed by atoms with Gasteiger partial charge in [0.25, 0.3) is 0 Å². The van der Waals surface area contributed by atoms with Crippen molar-refractivity contribution in [2.24, 2.45) is 0 Å². The number of hydrogen-bond donors (Lipinski definition) is 2. The van der Waals surface area contributed by atoms with Crippen LogP contribution >= 0.6 is 11.3 Å². The number of methoxy groups -OCH3 is 1. The summed E-state index contributed by atoms with van der Waals surface area (Å²) in [5.41, 5.74) is 3.18. The molecule has 2 N–H and O–H groups in total. The first kappa shape index (κ1) is 14.6. The summed E-state index contributed by atoms with van der Waals surface area (Å²) in [7, 11) is 1.62. The maximum Gasteiger partial charge on any atom is 0.339 e. The number of carboxylic acids is 1. The van der Waals surface area contributed by atoms with Gasteiger partial charge in [0.1, 0.15) is 10.8 Å². The van der Waals surface area contributed by atoms with E-state index in [4.69, 9.17) is 4.74 Å². The minimum absolute atomic E-state index is 0.219. The van der Waals surface area contributed by atoms with Crippen molar-refractivity contribution in [3.63, 3.8) is 0 Å². The second-order valence-electron chi connectivity index (χ2n) is 5.12. The van der Waals surface area contributed by atoms with Gasteiger partial charge in [0.2, 0.25) is 5.91 Å². The van der Waals surface area contributed by atoms with Crippen molar-refractivity contribution in [3.8, 4) is 16.2 Å². The highest BCUT2D eigenvalue weighted by Crippen LogP contribution is 2.45. The van der Waals surface area contributed by atoms with Crippen molar-refractivity contribution in [1.29, 1.82) is 0 Å². The van der Waals surface area contributed by atoms with Crippen molar-refractivity contribution >= 4 is 28.2 Å². The van der Waals surface area contributed by atoms with E-state index in [2.05, 4.69) is 5.32 Å². The van der Waals surface area contributed by atoms with Crippen molar-refractivity contribution < 1.29 is 19.4 Å². The number of carbonyl (C=O) groups is 2. The molecule has 1 aliphatic carbocycles. The summed E-state index contributed by atoms with van der Waals surface area (Å²) in [6.07, 6.45) is 1.41. The third kappa shape index (κ3) is 2.35. The molecule has 1 aromatic heterocycles. The van der Waals surface area contributed by atoms with Gasteiger partial charge in [-0.25, -0.2) is 4.79 Å². The summed E-state index contributed by atoms with van der Waals surface area (Å²) < 4.78 is 5.24. The van der Waals surface area contributed by atoms with Gasteiger partial charge in [-0.3, -0.25) is 4.79 Å². The fourth-order valence-electron chi connectivity index (χ4n) is 2.78. The number of rotatable bonds is 3. The monoisotopic (exact) mass is 317 g/mol. The van der Waals surface area contributed by atoms with Crippen LogP contribution in [0.25, 0.3) is 10.4 Å². The standard InChI is InChI=1S/C16H15NO4S/c1-8(18)17-15-13(16(19)20)12-5-3-9-7-10(21-2)4-6-11(9)14(12)22-15/h4,6-7H,3,5H2,1-2H3,(H,17,18)(H,19,20). The molecule has 3 rings (SSSR count). The van der Waals surface area contributed by atoms with Crippen LogP contribution in [0.15, 0.2) is 18.2 Å². The minimum atomic E-state index is -1.00. The van der Waals surface area contributed by atoms with Crippen LogP contribution in [0.4, 0.5) is 5.00 Å². The number of anilines is 1. The van der Waals surface area contributed by atoms with E-state index >= 15 is 0 Å². The topological polar surface area (TPSA) is 75.6 Å². The van der Waals surface area contributed by atoms with Gasteiger partial charge in [-0.05, 0) is 47.7 Å². The molecule has 0 saturated carbocycles. The molecule has 2 aromatic rings. The van der Waals surface area contributed by atoms with Gasteiger partial charge in [-0.1, -0.05) is 0 Å². The van der Waals surface area contributed by atoms with Crippen LogP contribution in [0.5, 0.6) is 5.75 Å². The van der Waals surface area contributed by atoms with Crippen LogP contribution in [0.1, 0.15) is 28.4 Å². The van der Waals surface area contributed by atoms with Crippen LogP contribution in [-0.2, 0) is 17.6 Å². The third-order valence-corrected chi connectivity index (χ3v) is 4.89.